The third-order valence-corrected chi connectivity index (χ3v) is 3.62. The molecule has 1 aliphatic rings. The maximum absolute atomic E-state index is 9.72. The number of rotatable bonds is 2. The van der Waals surface area contributed by atoms with Crippen LogP contribution in [0, 0.1) is 0 Å². The summed E-state index contributed by atoms with van der Waals surface area (Å²) in [6.07, 6.45) is 2.99. The van der Waals surface area contributed by atoms with Crippen molar-refractivity contribution < 1.29 is 5.11 Å². The molecule has 2 rings (SSSR count). The van der Waals surface area contributed by atoms with Crippen LogP contribution in [0.15, 0.2) is 12.1 Å². The van der Waals surface area contributed by atoms with Crippen molar-refractivity contribution in [1.82, 2.24) is 0 Å². The van der Waals surface area contributed by atoms with E-state index in [0.29, 0.717) is 0 Å². The Hall–Kier alpha value is -0.340. The number of thiophene rings is 1. The van der Waals surface area contributed by atoms with Gasteiger partial charge in [-0.3, -0.25) is 0 Å². The molecule has 0 amide bonds. The molecule has 0 bridgehead atoms. The molecule has 1 saturated carbocycles. The highest BCUT2D eigenvalue weighted by Crippen LogP contribution is 2.47. The first-order valence-corrected chi connectivity index (χ1v) is 4.88. The van der Waals surface area contributed by atoms with Gasteiger partial charge in [-0.05, 0) is 31.4 Å². The van der Waals surface area contributed by atoms with E-state index in [0.717, 1.165) is 24.1 Å². The molecule has 0 unspecified atom stereocenters. The molecule has 0 atom stereocenters. The van der Waals surface area contributed by atoms with Gasteiger partial charge in [0.05, 0.1) is 5.60 Å². The lowest BCUT2D eigenvalue weighted by Crippen LogP contribution is -1.99. The van der Waals surface area contributed by atoms with E-state index in [1.54, 1.807) is 11.3 Å². The number of hydrogen-bond donors (Lipinski definition) is 1. The molecule has 1 nitrogen and oxygen atoms in total. The van der Waals surface area contributed by atoms with E-state index in [-0.39, 0.29) is 0 Å². The van der Waals surface area contributed by atoms with Crippen LogP contribution in [-0.4, -0.2) is 5.11 Å². The second-order valence-electron chi connectivity index (χ2n) is 3.15. The van der Waals surface area contributed by atoms with Crippen LogP contribution >= 0.6 is 11.3 Å². The second-order valence-corrected chi connectivity index (χ2v) is 4.32. The molecule has 1 aromatic rings. The van der Waals surface area contributed by atoms with Crippen LogP contribution in [0.25, 0.3) is 0 Å². The second kappa shape index (κ2) is 2.32. The lowest BCUT2D eigenvalue weighted by molar-refractivity contribution is 0.155. The van der Waals surface area contributed by atoms with Gasteiger partial charge in [0.2, 0.25) is 0 Å². The van der Waals surface area contributed by atoms with Crippen molar-refractivity contribution in [2.24, 2.45) is 0 Å². The zero-order valence-corrected chi connectivity index (χ0v) is 7.45. The van der Waals surface area contributed by atoms with E-state index in [1.807, 2.05) is 0 Å². The summed E-state index contributed by atoms with van der Waals surface area (Å²) < 4.78 is 0. The monoisotopic (exact) mass is 168 g/mol. The third-order valence-electron chi connectivity index (χ3n) is 2.19. The highest BCUT2D eigenvalue weighted by molar-refractivity contribution is 7.12. The molecule has 0 radical (unpaired) electrons. The Kier molecular flexibility index (Phi) is 1.55. The Bertz CT molecular complexity index is 260. The first-order chi connectivity index (χ1) is 5.24. The first-order valence-electron chi connectivity index (χ1n) is 4.06. The van der Waals surface area contributed by atoms with E-state index in [4.69, 9.17) is 0 Å². The molecule has 0 aliphatic heterocycles. The Morgan fingerprint density at radius 3 is 2.73 bits per heavy atom. The quantitative estimate of drug-likeness (QED) is 0.718. The highest BCUT2D eigenvalue weighted by Gasteiger charge is 2.43. The Labute approximate surface area is 70.7 Å². The zero-order valence-electron chi connectivity index (χ0n) is 6.63. The first kappa shape index (κ1) is 7.32. The van der Waals surface area contributed by atoms with Crippen LogP contribution in [0.4, 0.5) is 0 Å². The van der Waals surface area contributed by atoms with Gasteiger partial charge in [0.1, 0.15) is 0 Å². The van der Waals surface area contributed by atoms with Gasteiger partial charge >= 0.3 is 0 Å². The molecule has 0 aromatic carbocycles. The SMILES string of the molecule is CCc1ccc(C2(O)CC2)s1. The van der Waals surface area contributed by atoms with Crippen LogP contribution in [0.5, 0.6) is 0 Å². The summed E-state index contributed by atoms with van der Waals surface area (Å²) in [7, 11) is 0. The van der Waals surface area contributed by atoms with Gasteiger partial charge in [0, 0.05) is 9.75 Å². The molecule has 11 heavy (non-hydrogen) atoms. The van der Waals surface area contributed by atoms with E-state index in [2.05, 4.69) is 19.1 Å². The van der Waals surface area contributed by atoms with Crippen molar-refractivity contribution in [3.05, 3.63) is 21.9 Å². The molecule has 60 valence electrons. The van der Waals surface area contributed by atoms with Gasteiger partial charge in [0.25, 0.3) is 0 Å². The summed E-state index contributed by atoms with van der Waals surface area (Å²) in [6.45, 7) is 2.15. The van der Waals surface area contributed by atoms with Crippen molar-refractivity contribution in [2.45, 2.75) is 31.8 Å². The lowest BCUT2D eigenvalue weighted by atomic mass is 10.3. The number of aliphatic hydroxyl groups is 1. The topological polar surface area (TPSA) is 20.2 Å². The molecule has 1 heterocycles. The van der Waals surface area contributed by atoms with Crippen LogP contribution in [0.3, 0.4) is 0 Å². The van der Waals surface area contributed by atoms with Crippen LogP contribution < -0.4 is 0 Å². The molecule has 1 aliphatic carbocycles. The van der Waals surface area contributed by atoms with Crippen molar-refractivity contribution in [1.29, 1.82) is 0 Å². The Morgan fingerprint density at radius 2 is 2.27 bits per heavy atom. The van der Waals surface area contributed by atoms with Crippen LogP contribution in [-0.2, 0) is 12.0 Å². The minimum absolute atomic E-state index is 0.419. The molecule has 0 spiro atoms. The van der Waals surface area contributed by atoms with Crippen LogP contribution in [0.2, 0.25) is 0 Å². The third kappa shape index (κ3) is 1.21. The average molecular weight is 168 g/mol. The average Bonchev–Trinajstić information content (AvgIpc) is 2.61. The van der Waals surface area contributed by atoms with Gasteiger partial charge in [-0.15, -0.1) is 11.3 Å². The Morgan fingerprint density at radius 1 is 1.55 bits per heavy atom. The molecule has 1 aromatic heterocycles. The highest BCUT2D eigenvalue weighted by atomic mass is 32.1. The fraction of sp³-hybridized carbons (Fsp3) is 0.556. The van der Waals surface area contributed by atoms with Gasteiger partial charge in [-0.1, -0.05) is 6.92 Å². The normalized spacial score (nSPS) is 20.2. The molecule has 0 saturated heterocycles. The summed E-state index contributed by atoms with van der Waals surface area (Å²) >= 11 is 1.75. The number of hydrogen-bond acceptors (Lipinski definition) is 2. The summed E-state index contributed by atoms with van der Waals surface area (Å²) in [5.41, 5.74) is -0.419. The van der Waals surface area contributed by atoms with Crippen molar-refractivity contribution >= 4 is 11.3 Å². The van der Waals surface area contributed by atoms with Crippen molar-refractivity contribution in [2.75, 3.05) is 0 Å². The van der Waals surface area contributed by atoms with E-state index in [9.17, 15) is 5.11 Å². The largest absolute Gasteiger partial charge is 0.384 e. The van der Waals surface area contributed by atoms with Crippen molar-refractivity contribution in [3.63, 3.8) is 0 Å². The molecule has 1 fully saturated rings. The fourth-order valence-corrected chi connectivity index (χ4v) is 2.28. The molecular weight excluding hydrogens is 156 g/mol. The summed E-state index contributed by atoms with van der Waals surface area (Å²) in [5.74, 6) is 0. The molecule has 2 heteroatoms. The van der Waals surface area contributed by atoms with Crippen LogP contribution in [0.1, 0.15) is 29.5 Å². The number of aryl methyl sites for hydroxylation is 1. The van der Waals surface area contributed by atoms with E-state index >= 15 is 0 Å². The van der Waals surface area contributed by atoms with Gasteiger partial charge in [-0.25, -0.2) is 0 Å². The Balaban J connectivity index is 2.25. The summed E-state index contributed by atoms with van der Waals surface area (Å²) in [5, 5.41) is 9.72. The lowest BCUT2D eigenvalue weighted by Gasteiger charge is -2.01. The predicted octanol–water partition coefficient (Wildman–Crippen LogP) is 2.29. The summed E-state index contributed by atoms with van der Waals surface area (Å²) in [4.78, 5) is 2.54. The summed E-state index contributed by atoms with van der Waals surface area (Å²) in [6, 6.07) is 4.19. The fourth-order valence-electron chi connectivity index (χ4n) is 1.18. The molecular formula is C9H12OS. The smallest absolute Gasteiger partial charge is 0.0990 e. The molecule has 1 N–H and O–H groups in total. The van der Waals surface area contributed by atoms with Gasteiger partial charge < -0.3 is 5.11 Å². The van der Waals surface area contributed by atoms with E-state index < -0.39 is 5.60 Å². The van der Waals surface area contributed by atoms with Crippen molar-refractivity contribution in [3.8, 4) is 0 Å². The zero-order chi connectivity index (χ0) is 7.90. The standard InChI is InChI=1S/C9H12OS/c1-2-7-3-4-8(11-7)9(10)5-6-9/h3-4,10H,2,5-6H2,1H3. The van der Waals surface area contributed by atoms with Gasteiger partial charge in [0.15, 0.2) is 0 Å². The van der Waals surface area contributed by atoms with E-state index in [1.165, 1.54) is 4.88 Å². The maximum atomic E-state index is 9.72. The minimum Gasteiger partial charge on any atom is -0.384 e. The minimum atomic E-state index is -0.419. The van der Waals surface area contributed by atoms with Gasteiger partial charge in [-0.2, -0.15) is 0 Å². The predicted molar refractivity (Wildman–Crippen MR) is 46.8 cm³/mol. The maximum Gasteiger partial charge on any atom is 0.0990 e.